The summed E-state index contributed by atoms with van der Waals surface area (Å²) >= 11 is 17.9. The summed E-state index contributed by atoms with van der Waals surface area (Å²) in [5.41, 5.74) is 0.430. The molecule has 1 fully saturated rings. The summed E-state index contributed by atoms with van der Waals surface area (Å²) in [7, 11) is 0. The Kier molecular flexibility index (Phi) is 8.50. The highest BCUT2D eigenvalue weighted by molar-refractivity contribution is 6.36. The Morgan fingerprint density at radius 1 is 0.881 bits per heavy atom. The zero-order chi connectivity index (χ0) is 30.1. The molecule has 0 N–H and O–H groups in total. The number of ether oxygens (including phenoxy) is 1. The van der Waals surface area contributed by atoms with Crippen LogP contribution in [0, 0.1) is 17.8 Å². The molecule has 1 aliphatic heterocycles. The predicted molar refractivity (Wildman–Crippen MR) is 156 cm³/mol. The van der Waals surface area contributed by atoms with Crippen LogP contribution in [0.25, 0.3) is 0 Å². The Bertz CT molecular complexity index is 1620. The van der Waals surface area contributed by atoms with Gasteiger partial charge in [0.05, 0.1) is 22.4 Å². The third kappa shape index (κ3) is 5.83. The first kappa shape index (κ1) is 29.5. The fraction of sp³-hybridized carbons (Fsp3) is 0.194. The first-order chi connectivity index (χ1) is 20.0. The molecule has 3 aromatic carbocycles. The SMILES string of the molecule is C[C@@H]1C=CC[C@H]2C(=O)N(N(CC(=O)c3ccc(OC(=O)c4ccc(Cl)cc4Cl)cc3)C(=O)c3ccc(Cl)cc3)C(=O)[C@@H]12. The second kappa shape index (κ2) is 12.1. The van der Waals surface area contributed by atoms with Gasteiger partial charge in [0.1, 0.15) is 12.3 Å². The minimum Gasteiger partial charge on any atom is -0.423 e. The molecule has 11 heteroatoms. The molecule has 3 amide bonds. The number of amides is 3. The van der Waals surface area contributed by atoms with Crippen molar-refractivity contribution in [2.45, 2.75) is 13.3 Å². The average molecular weight is 626 g/mol. The van der Waals surface area contributed by atoms with Crippen molar-refractivity contribution >= 4 is 64.3 Å². The van der Waals surface area contributed by atoms with Crippen LogP contribution in [-0.4, -0.2) is 46.0 Å². The zero-order valence-electron chi connectivity index (χ0n) is 22.1. The molecule has 1 heterocycles. The molecule has 214 valence electrons. The van der Waals surface area contributed by atoms with Gasteiger partial charge in [0.25, 0.3) is 17.7 Å². The minimum absolute atomic E-state index is 0.114. The van der Waals surface area contributed by atoms with Crippen molar-refractivity contribution in [1.82, 2.24) is 10.0 Å². The number of nitrogens with zero attached hydrogens (tertiary/aromatic N) is 2. The fourth-order valence-electron chi connectivity index (χ4n) is 5.10. The number of benzene rings is 3. The van der Waals surface area contributed by atoms with Gasteiger partial charge >= 0.3 is 5.97 Å². The number of hydrazine groups is 1. The van der Waals surface area contributed by atoms with E-state index in [0.717, 1.165) is 10.0 Å². The van der Waals surface area contributed by atoms with Crippen molar-refractivity contribution in [1.29, 1.82) is 0 Å². The van der Waals surface area contributed by atoms with E-state index in [1.807, 2.05) is 19.1 Å². The summed E-state index contributed by atoms with van der Waals surface area (Å²) in [6.45, 7) is 1.26. The molecule has 2 aliphatic rings. The zero-order valence-corrected chi connectivity index (χ0v) is 24.4. The van der Waals surface area contributed by atoms with Crippen LogP contribution < -0.4 is 4.74 Å². The number of halogens is 3. The molecule has 0 saturated carbocycles. The number of esters is 1. The van der Waals surface area contributed by atoms with Crippen LogP contribution in [0.3, 0.4) is 0 Å². The molecule has 3 atom stereocenters. The van der Waals surface area contributed by atoms with Gasteiger partial charge in [-0.1, -0.05) is 53.9 Å². The summed E-state index contributed by atoms with van der Waals surface area (Å²) in [6, 6.07) is 15.9. The highest BCUT2D eigenvalue weighted by Crippen LogP contribution is 2.39. The van der Waals surface area contributed by atoms with Crippen LogP contribution in [0.5, 0.6) is 5.75 Å². The van der Waals surface area contributed by atoms with E-state index in [1.165, 1.54) is 66.7 Å². The van der Waals surface area contributed by atoms with Crippen molar-refractivity contribution in [3.8, 4) is 5.75 Å². The van der Waals surface area contributed by atoms with Crippen molar-refractivity contribution in [3.05, 3.63) is 111 Å². The lowest BCUT2D eigenvalue weighted by Crippen LogP contribution is -2.52. The van der Waals surface area contributed by atoms with Gasteiger partial charge in [-0.2, -0.15) is 5.01 Å². The monoisotopic (exact) mass is 624 g/mol. The Hall–Kier alpha value is -3.98. The molecule has 1 aliphatic carbocycles. The van der Waals surface area contributed by atoms with Crippen molar-refractivity contribution in [2.24, 2.45) is 17.8 Å². The van der Waals surface area contributed by atoms with Crippen LogP contribution in [0.4, 0.5) is 0 Å². The number of hydrogen-bond donors (Lipinski definition) is 0. The number of imide groups is 1. The number of fused-ring (bicyclic) bond motifs is 1. The summed E-state index contributed by atoms with van der Waals surface area (Å²) in [5, 5.41) is 2.61. The number of rotatable bonds is 7. The lowest BCUT2D eigenvalue weighted by molar-refractivity contribution is -0.154. The van der Waals surface area contributed by atoms with Crippen molar-refractivity contribution in [2.75, 3.05) is 6.54 Å². The van der Waals surface area contributed by atoms with Crippen LogP contribution in [0.1, 0.15) is 44.4 Å². The summed E-state index contributed by atoms with van der Waals surface area (Å²) < 4.78 is 5.36. The third-order valence-corrected chi connectivity index (χ3v) is 8.05. The summed E-state index contributed by atoms with van der Waals surface area (Å²) in [6.07, 6.45) is 4.10. The van der Waals surface area contributed by atoms with E-state index in [-0.39, 0.29) is 33.4 Å². The van der Waals surface area contributed by atoms with Crippen LogP contribution in [0.15, 0.2) is 78.9 Å². The maximum absolute atomic E-state index is 13.6. The maximum Gasteiger partial charge on any atom is 0.345 e. The number of carbonyl (C=O) groups is 5. The van der Waals surface area contributed by atoms with E-state index in [2.05, 4.69) is 0 Å². The van der Waals surface area contributed by atoms with Crippen LogP contribution in [-0.2, 0) is 9.59 Å². The Morgan fingerprint density at radius 3 is 2.17 bits per heavy atom. The number of ketones is 1. The molecule has 8 nitrogen and oxygen atoms in total. The topological polar surface area (TPSA) is 101 Å². The standard InChI is InChI=1S/C31H23Cl3N2O6/c1-17-3-2-4-24-27(17)30(40)36(29(24)39)35(28(38)19-5-9-20(32)10-6-19)16-26(37)18-7-12-22(13-8-18)42-31(41)23-14-11-21(33)15-25(23)34/h2-3,5-15,17,24,27H,4,16H2,1H3/t17-,24-,27+/m1/s1. The molecule has 0 unspecified atom stereocenters. The van der Waals surface area contributed by atoms with E-state index < -0.39 is 47.9 Å². The first-order valence-electron chi connectivity index (χ1n) is 13.0. The normalized spacial score (nSPS) is 19.4. The highest BCUT2D eigenvalue weighted by Gasteiger charge is 2.53. The molecule has 3 aromatic rings. The van der Waals surface area contributed by atoms with Gasteiger partial charge in [0.15, 0.2) is 5.78 Å². The van der Waals surface area contributed by atoms with Gasteiger partial charge in [-0.15, -0.1) is 0 Å². The van der Waals surface area contributed by atoms with Gasteiger partial charge in [0.2, 0.25) is 0 Å². The van der Waals surface area contributed by atoms with Gasteiger partial charge in [-0.25, -0.2) is 9.80 Å². The quantitative estimate of drug-likeness (QED) is 0.100. The van der Waals surface area contributed by atoms with Gasteiger partial charge < -0.3 is 4.74 Å². The van der Waals surface area contributed by atoms with Gasteiger partial charge in [0, 0.05) is 21.2 Å². The molecule has 0 aromatic heterocycles. The molecule has 5 rings (SSSR count). The second-order valence-electron chi connectivity index (χ2n) is 9.97. The van der Waals surface area contributed by atoms with E-state index in [9.17, 15) is 24.0 Å². The lowest BCUT2D eigenvalue weighted by Gasteiger charge is -2.30. The molecule has 1 saturated heterocycles. The largest absolute Gasteiger partial charge is 0.423 e. The maximum atomic E-state index is 13.6. The van der Waals surface area contributed by atoms with Gasteiger partial charge in [-0.3, -0.25) is 19.2 Å². The molecule has 0 bridgehead atoms. The van der Waals surface area contributed by atoms with Crippen LogP contribution in [0.2, 0.25) is 15.1 Å². The number of allylic oxidation sites excluding steroid dienone is 2. The molecule has 0 radical (unpaired) electrons. The van der Waals surface area contributed by atoms with Crippen molar-refractivity contribution < 1.29 is 28.7 Å². The average Bonchev–Trinajstić information content (AvgIpc) is 3.22. The lowest BCUT2D eigenvalue weighted by atomic mass is 9.78. The molecule has 0 spiro atoms. The first-order valence-corrected chi connectivity index (χ1v) is 14.1. The third-order valence-electron chi connectivity index (χ3n) is 7.25. The summed E-state index contributed by atoms with van der Waals surface area (Å²) in [4.78, 5) is 66.5. The Balaban J connectivity index is 1.38. The molecular formula is C31H23Cl3N2O6. The molecule has 42 heavy (non-hydrogen) atoms. The smallest absolute Gasteiger partial charge is 0.345 e. The minimum atomic E-state index is -0.716. The van der Waals surface area contributed by atoms with Crippen LogP contribution >= 0.6 is 34.8 Å². The summed E-state index contributed by atoms with van der Waals surface area (Å²) in [5.74, 6) is -4.31. The second-order valence-corrected chi connectivity index (χ2v) is 11.3. The van der Waals surface area contributed by atoms with E-state index in [4.69, 9.17) is 39.5 Å². The number of Topliss-reactive ketones (excluding diaryl/α,β-unsaturated/α-hetero) is 1. The van der Waals surface area contributed by atoms with E-state index in [0.29, 0.717) is 16.5 Å². The number of hydrogen-bond acceptors (Lipinski definition) is 6. The predicted octanol–water partition coefficient (Wildman–Crippen LogP) is 6.30. The van der Waals surface area contributed by atoms with Crippen molar-refractivity contribution in [3.63, 3.8) is 0 Å². The fourth-order valence-corrected chi connectivity index (χ4v) is 5.71. The van der Waals surface area contributed by atoms with Gasteiger partial charge in [-0.05, 0) is 79.1 Å². The van der Waals surface area contributed by atoms with E-state index >= 15 is 0 Å². The highest BCUT2D eigenvalue weighted by atomic mass is 35.5. The Labute approximate surface area is 256 Å². The van der Waals surface area contributed by atoms with E-state index in [1.54, 1.807) is 0 Å². The number of carbonyl (C=O) groups excluding carboxylic acids is 5. The Morgan fingerprint density at radius 2 is 1.52 bits per heavy atom. The molecular weight excluding hydrogens is 603 g/mol.